The van der Waals surface area contributed by atoms with Gasteiger partial charge >= 0.3 is 5.97 Å². The number of carbonyl (C=O) groups excluding carboxylic acids is 2. The number of nitrogen functional groups attached to an aromatic ring is 1. The van der Waals surface area contributed by atoms with E-state index >= 15 is 0 Å². The third-order valence-electron chi connectivity index (χ3n) is 5.13. The first-order valence-electron chi connectivity index (χ1n) is 10.6. The number of nitrogens with zero attached hydrogens (tertiary/aromatic N) is 9. The number of carboxylic acid groups (broad SMARTS) is 1. The monoisotopic (exact) mass is 563 g/mol. The van der Waals surface area contributed by atoms with Crippen LogP contribution in [0.3, 0.4) is 0 Å². The Labute approximate surface area is 219 Å². The molecule has 0 radical (unpaired) electrons. The van der Waals surface area contributed by atoms with Crippen molar-refractivity contribution >= 4 is 69.3 Å². The summed E-state index contributed by atoms with van der Waals surface area (Å²) in [6, 6.07) is 2.45. The number of hydrogen-bond donors (Lipinski definition) is 3. The van der Waals surface area contributed by atoms with Gasteiger partial charge in [-0.1, -0.05) is 5.16 Å². The van der Waals surface area contributed by atoms with Crippen LogP contribution >= 0.6 is 35.1 Å². The molecule has 2 aliphatic rings. The molecule has 2 amide bonds. The summed E-state index contributed by atoms with van der Waals surface area (Å²) < 4.78 is 5.24. The second kappa shape index (κ2) is 10.3. The minimum atomic E-state index is -1.23. The summed E-state index contributed by atoms with van der Waals surface area (Å²) >= 11 is 3.52. The van der Waals surface area contributed by atoms with Gasteiger partial charge in [0.05, 0.1) is 0 Å². The van der Waals surface area contributed by atoms with Gasteiger partial charge in [0.2, 0.25) is 11.5 Å². The third kappa shape index (κ3) is 4.79. The van der Waals surface area contributed by atoms with Crippen LogP contribution in [-0.4, -0.2) is 97.6 Å². The minimum Gasteiger partial charge on any atom is -0.477 e. The quantitative estimate of drug-likeness (QED) is 0.126. The van der Waals surface area contributed by atoms with Crippen LogP contribution in [0.1, 0.15) is 12.7 Å². The van der Waals surface area contributed by atoms with E-state index < -0.39 is 29.2 Å². The summed E-state index contributed by atoms with van der Waals surface area (Å²) in [5, 5.41) is 31.7. The first kappa shape index (κ1) is 24.8. The van der Waals surface area contributed by atoms with Gasteiger partial charge in [-0.05, 0) is 35.1 Å². The molecule has 192 valence electrons. The average Bonchev–Trinajstić information content (AvgIpc) is 3.54. The molecule has 3 aromatic heterocycles. The molecule has 0 aliphatic carbocycles. The van der Waals surface area contributed by atoms with E-state index in [1.807, 2.05) is 0 Å². The van der Waals surface area contributed by atoms with Gasteiger partial charge in [-0.2, -0.15) is 9.36 Å². The second-order valence-electron chi connectivity index (χ2n) is 7.42. The van der Waals surface area contributed by atoms with Gasteiger partial charge in [-0.25, -0.2) is 4.79 Å². The van der Waals surface area contributed by atoms with E-state index in [-0.39, 0.29) is 34.7 Å². The predicted molar refractivity (Wildman–Crippen MR) is 131 cm³/mol. The van der Waals surface area contributed by atoms with E-state index in [9.17, 15) is 19.5 Å². The van der Waals surface area contributed by atoms with Crippen molar-refractivity contribution in [3.8, 4) is 0 Å². The molecule has 16 nitrogen and oxygen atoms in total. The van der Waals surface area contributed by atoms with Crippen molar-refractivity contribution in [2.45, 2.75) is 23.4 Å². The summed E-state index contributed by atoms with van der Waals surface area (Å²) in [5.74, 6) is -1.94. The molecule has 0 aromatic carbocycles. The highest BCUT2D eigenvalue weighted by Crippen LogP contribution is 2.41. The van der Waals surface area contributed by atoms with Gasteiger partial charge < -0.3 is 21.0 Å². The SMILES string of the molecule is CCON=C(C(=O)NC1C(=O)N2C(C(=O)O)=C(CSc3ccc4nnnn4n3)CS[C@H]12)c1nsc(N)n1. The Hall–Kier alpha value is -3.84. The highest BCUT2D eigenvalue weighted by Gasteiger charge is 2.54. The van der Waals surface area contributed by atoms with Gasteiger partial charge in [0.25, 0.3) is 11.8 Å². The molecule has 19 heteroatoms. The number of fused-ring (bicyclic) bond motifs is 2. The molecule has 2 atom stereocenters. The second-order valence-corrected chi connectivity index (χ2v) is 10.3. The molecule has 1 fully saturated rings. The summed E-state index contributed by atoms with van der Waals surface area (Å²) in [7, 11) is 0. The van der Waals surface area contributed by atoms with Crippen molar-refractivity contribution < 1.29 is 24.3 Å². The Morgan fingerprint density at radius 2 is 2.24 bits per heavy atom. The number of nitrogens with two attached hydrogens (primary N) is 1. The fraction of sp³-hybridized carbons (Fsp3) is 0.333. The highest BCUT2D eigenvalue weighted by molar-refractivity contribution is 8.01. The van der Waals surface area contributed by atoms with Crippen LogP contribution in [0, 0.1) is 0 Å². The van der Waals surface area contributed by atoms with Crippen LogP contribution in [0.2, 0.25) is 0 Å². The summed E-state index contributed by atoms with van der Waals surface area (Å²) in [6.45, 7) is 1.88. The first-order valence-corrected chi connectivity index (χ1v) is 13.4. The number of tetrazole rings is 1. The Morgan fingerprint density at radius 1 is 1.41 bits per heavy atom. The van der Waals surface area contributed by atoms with Crippen LogP contribution in [-0.2, 0) is 19.2 Å². The number of aliphatic carboxylic acids is 1. The summed E-state index contributed by atoms with van der Waals surface area (Å²) in [5.41, 5.74) is 6.30. The molecule has 1 unspecified atom stereocenters. The Balaban J connectivity index is 1.30. The average molecular weight is 564 g/mol. The molecular weight excluding hydrogens is 546 g/mol. The number of carboxylic acids is 1. The summed E-state index contributed by atoms with van der Waals surface area (Å²) in [4.78, 5) is 48.2. The van der Waals surface area contributed by atoms with E-state index in [0.717, 1.165) is 11.5 Å². The Kier molecular flexibility index (Phi) is 6.89. The van der Waals surface area contributed by atoms with Crippen LogP contribution in [0.5, 0.6) is 0 Å². The Morgan fingerprint density at radius 3 is 2.97 bits per heavy atom. The maximum absolute atomic E-state index is 13.0. The molecule has 2 aliphatic heterocycles. The molecular formula is C18H17N11O5S3. The van der Waals surface area contributed by atoms with Crippen molar-refractivity contribution in [1.29, 1.82) is 0 Å². The maximum Gasteiger partial charge on any atom is 0.352 e. The molecule has 4 N–H and O–H groups in total. The van der Waals surface area contributed by atoms with Crippen LogP contribution in [0.15, 0.2) is 33.6 Å². The zero-order valence-electron chi connectivity index (χ0n) is 18.8. The van der Waals surface area contributed by atoms with Gasteiger partial charge in [-0.3, -0.25) is 14.5 Å². The number of thioether (sulfide) groups is 2. The Bertz CT molecular complexity index is 1450. The largest absolute Gasteiger partial charge is 0.477 e. The van der Waals surface area contributed by atoms with Crippen molar-refractivity contribution in [3.05, 3.63) is 29.2 Å². The number of amides is 2. The van der Waals surface area contributed by atoms with Gasteiger partial charge in [0.15, 0.2) is 10.8 Å². The lowest BCUT2D eigenvalue weighted by molar-refractivity contribution is -0.150. The van der Waals surface area contributed by atoms with Crippen molar-refractivity contribution in [3.63, 3.8) is 0 Å². The normalized spacial score (nSPS) is 19.5. The standard InChI is InChI=1S/C18H17N11O5S3/c1-2-34-24-10(13-21-18(19)37-25-13)14(30)20-11-15(31)28-12(17(32)33)7(6-36-16(11)28)5-35-9-4-3-8-22-26-27-29(8)23-9/h3-4,11,16H,2,5-6H2,1H3,(H,20,30)(H,32,33)(H2,19,21,25)/t11?,16-/m1/s1. The summed E-state index contributed by atoms with van der Waals surface area (Å²) in [6.07, 6.45) is 0. The molecule has 5 rings (SSSR count). The van der Waals surface area contributed by atoms with E-state index in [4.69, 9.17) is 10.6 Å². The molecule has 37 heavy (non-hydrogen) atoms. The van der Waals surface area contributed by atoms with Gasteiger partial charge in [0, 0.05) is 23.0 Å². The number of aromatic nitrogens is 7. The number of β-lactam (4-membered cyclic amide) rings is 1. The maximum atomic E-state index is 13.0. The first-order chi connectivity index (χ1) is 17.9. The highest BCUT2D eigenvalue weighted by atomic mass is 32.2. The van der Waals surface area contributed by atoms with E-state index in [1.165, 1.54) is 33.1 Å². The van der Waals surface area contributed by atoms with E-state index in [1.54, 1.807) is 19.1 Å². The van der Waals surface area contributed by atoms with E-state index in [2.05, 4.69) is 40.5 Å². The topological polar surface area (TPSA) is 216 Å². The van der Waals surface area contributed by atoms with Crippen LogP contribution in [0.4, 0.5) is 5.13 Å². The molecule has 3 aromatic rings. The van der Waals surface area contributed by atoms with Crippen molar-refractivity contribution in [2.75, 3.05) is 23.8 Å². The molecule has 1 saturated heterocycles. The lowest BCUT2D eigenvalue weighted by Crippen LogP contribution is -2.71. The van der Waals surface area contributed by atoms with E-state index in [0.29, 0.717) is 22.0 Å². The minimum absolute atomic E-state index is 0.0349. The van der Waals surface area contributed by atoms with Gasteiger partial charge in [0.1, 0.15) is 28.7 Å². The molecule has 0 saturated carbocycles. The smallest absolute Gasteiger partial charge is 0.352 e. The van der Waals surface area contributed by atoms with Crippen LogP contribution < -0.4 is 11.1 Å². The zero-order chi connectivity index (χ0) is 26.1. The molecule has 5 heterocycles. The number of rotatable bonds is 9. The lowest BCUT2D eigenvalue weighted by Gasteiger charge is -2.49. The molecule has 0 bridgehead atoms. The zero-order valence-corrected chi connectivity index (χ0v) is 21.3. The number of anilines is 1. The third-order valence-corrected chi connectivity index (χ3v) is 8.02. The van der Waals surface area contributed by atoms with Gasteiger partial charge in [-0.15, -0.1) is 38.4 Å². The van der Waals surface area contributed by atoms with Crippen LogP contribution in [0.25, 0.3) is 5.65 Å². The number of carbonyl (C=O) groups is 3. The van der Waals surface area contributed by atoms with Crippen molar-refractivity contribution in [2.24, 2.45) is 5.16 Å². The lowest BCUT2D eigenvalue weighted by atomic mass is 10.0. The fourth-order valence-electron chi connectivity index (χ4n) is 3.52. The molecule has 0 spiro atoms. The number of hydrogen-bond acceptors (Lipinski definition) is 15. The van der Waals surface area contributed by atoms with Crippen molar-refractivity contribution in [1.82, 2.24) is 44.8 Å². The number of oxime groups is 1. The predicted octanol–water partition coefficient (Wildman–Crippen LogP) is -0.775. The number of nitrogens with one attached hydrogen (secondary N) is 1. The fourth-order valence-corrected chi connectivity index (χ4v) is 6.29.